The fourth-order valence-electron chi connectivity index (χ4n) is 11.8. The molecule has 6 heterocycles. The molecule has 89 heavy (non-hydrogen) atoms. The second-order valence-corrected chi connectivity index (χ2v) is 23.4. The molecule has 9 rings (SSSR count). The smallest absolute Gasteiger partial charge is 0.416 e. The third kappa shape index (κ3) is 15.4. The van der Waals surface area contributed by atoms with Crippen LogP contribution in [0, 0.1) is 5.92 Å². The lowest BCUT2D eigenvalue weighted by molar-refractivity contribution is -0.137. The average molecular weight is 1220 g/mol. The molecule has 2 saturated heterocycles. The molecule has 4 N–H and O–H groups in total. The van der Waals surface area contributed by atoms with Crippen LogP contribution in [-0.4, -0.2) is 160 Å². The van der Waals surface area contributed by atoms with E-state index >= 15 is 0 Å². The van der Waals surface area contributed by atoms with Gasteiger partial charge in [0.05, 0.1) is 67.7 Å². The highest BCUT2D eigenvalue weighted by Gasteiger charge is 2.46. The molecule has 24 heteroatoms. The molecule has 7 amide bonds. The molecule has 2 fully saturated rings. The van der Waals surface area contributed by atoms with Crippen molar-refractivity contribution in [1.82, 2.24) is 35.0 Å². The lowest BCUT2D eigenvalue weighted by atomic mass is 9.87. The lowest BCUT2D eigenvalue weighted by Crippen LogP contribution is -2.50. The zero-order chi connectivity index (χ0) is 63.5. The number of aliphatic hydroxyl groups is 1. The minimum atomic E-state index is -1.53. The van der Waals surface area contributed by atoms with Crippen LogP contribution in [0.25, 0.3) is 0 Å². The molecule has 5 aliphatic rings. The SMILES string of the molecule is C=C1C[C@H]2C=Nc3cc(OCCCCCOc4cc5c(cc4OC)C(=O)N4CC(=C)C[C@H]4[C@H](O)N5C(=O)OCc4ccc(CC(=O)[C@H](CCCNC(N)=O)n5cc([C@@H](CC(=O)CCCCCN6C(=O)C=CC6=O)C(C)C)nn5)cc4)c(OC)cc3C(=O)N2C1. The summed E-state index contributed by atoms with van der Waals surface area (Å²) in [5, 5.41) is 23.4. The van der Waals surface area contributed by atoms with Gasteiger partial charge in [-0.15, -0.1) is 5.10 Å². The van der Waals surface area contributed by atoms with Crippen molar-refractivity contribution in [3.63, 3.8) is 0 Å². The van der Waals surface area contributed by atoms with E-state index in [-0.39, 0.29) is 115 Å². The van der Waals surface area contributed by atoms with Gasteiger partial charge in [0.15, 0.2) is 35.0 Å². The minimum absolute atomic E-state index is 0.00819. The largest absolute Gasteiger partial charge is 0.493 e. The number of primary amides is 1. The van der Waals surface area contributed by atoms with Crippen molar-refractivity contribution in [1.29, 1.82) is 0 Å². The van der Waals surface area contributed by atoms with Crippen LogP contribution in [0.5, 0.6) is 23.0 Å². The summed E-state index contributed by atoms with van der Waals surface area (Å²) in [5.41, 5.74) is 9.91. The Morgan fingerprint density at radius 1 is 0.775 bits per heavy atom. The number of hydrogen-bond acceptors (Lipinski definition) is 17. The summed E-state index contributed by atoms with van der Waals surface area (Å²) in [6.07, 6.45) is 9.47. The van der Waals surface area contributed by atoms with Crippen LogP contribution in [0.15, 0.2) is 96.2 Å². The van der Waals surface area contributed by atoms with Gasteiger partial charge in [-0.25, -0.2) is 19.2 Å². The van der Waals surface area contributed by atoms with Crippen LogP contribution in [-0.2, 0) is 36.9 Å². The summed E-state index contributed by atoms with van der Waals surface area (Å²) >= 11 is 0. The van der Waals surface area contributed by atoms with E-state index in [1.165, 1.54) is 53.0 Å². The number of imide groups is 1. The van der Waals surface area contributed by atoms with Crippen LogP contribution in [0.3, 0.4) is 0 Å². The number of aliphatic hydroxyl groups excluding tert-OH is 1. The quantitative estimate of drug-likeness (QED) is 0.0257. The number of carbonyl (C=O) groups excluding carboxylic acids is 8. The van der Waals surface area contributed by atoms with Crippen LogP contribution < -0.4 is 34.9 Å². The van der Waals surface area contributed by atoms with Crippen LogP contribution >= 0.6 is 0 Å². The Hall–Kier alpha value is -9.19. The Kier molecular flexibility index (Phi) is 21.1. The number of urea groups is 1. The molecule has 0 spiro atoms. The maximum absolute atomic E-state index is 14.4. The number of rotatable bonds is 30. The van der Waals surface area contributed by atoms with Crippen LogP contribution in [0.2, 0.25) is 0 Å². The summed E-state index contributed by atoms with van der Waals surface area (Å²) in [7, 11) is 2.97. The zero-order valence-electron chi connectivity index (χ0n) is 50.9. The number of methoxy groups -OCH3 is 2. The number of Topliss-reactive ketones (excluding diaryl/α,β-unsaturated/α-hetero) is 2. The molecule has 0 aliphatic carbocycles. The van der Waals surface area contributed by atoms with Gasteiger partial charge in [-0.2, -0.15) is 0 Å². The average Bonchev–Trinajstić information content (AvgIpc) is 1.74. The van der Waals surface area contributed by atoms with Crippen molar-refractivity contribution in [2.45, 2.75) is 134 Å². The number of ketones is 2. The first-order chi connectivity index (χ1) is 42.8. The van der Waals surface area contributed by atoms with E-state index < -0.39 is 36.3 Å². The van der Waals surface area contributed by atoms with E-state index in [1.54, 1.807) is 53.7 Å². The molecule has 24 nitrogen and oxygen atoms in total. The van der Waals surface area contributed by atoms with Gasteiger partial charge in [0.1, 0.15) is 18.4 Å². The van der Waals surface area contributed by atoms with Gasteiger partial charge in [0.2, 0.25) is 0 Å². The first-order valence-corrected chi connectivity index (χ1v) is 30.3. The number of nitrogens with two attached hydrogens (primary N) is 1. The van der Waals surface area contributed by atoms with E-state index in [2.05, 4.69) is 33.8 Å². The number of amides is 7. The predicted molar refractivity (Wildman–Crippen MR) is 327 cm³/mol. The molecule has 5 atom stereocenters. The van der Waals surface area contributed by atoms with Crippen molar-refractivity contribution in [3.05, 3.63) is 119 Å². The van der Waals surface area contributed by atoms with E-state index in [1.807, 2.05) is 13.8 Å². The first-order valence-electron chi connectivity index (χ1n) is 30.3. The third-order valence-corrected chi connectivity index (χ3v) is 16.7. The Labute approximate surface area is 516 Å². The van der Waals surface area contributed by atoms with Gasteiger partial charge in [-0.1, -0.05) is 74.1 Å². The maximum Gasteiger partial charge on any atom is 0.416 e. The van der Waals surface area contributed by atoms with Crippen LogP contribution in [0.4, 0.5) is 21.0 Å². The number of aromatic nitrogens is 3. The Balaban J connectivity index is 0.807. The standard InChI is InChI=1S/C65H78N10O14/c1-39(2)46(29-45(76)14-9-7-10-23-71-59(78)20-21-60(71)79)50-37-74(70-69-50)51(15-13-22-67-64(66)83)54(77)28-42-16-18-43(19-17-42)38-89-65(84)75-52-33-58(56(86-6)31-48(52)62(81)73-36-41(4)27-53(73)63(75)82)88-25-12-8-11-24-87-57-32-49-47(30-55(57)85-5)61(80)72-35-40(3)26-44(72)34-68-49/h16-21,30-34,37,39,44,46,51,53,63,82H,3-4,7-15,22-29,35-36,38H2,1-2,5-6H3,(H3,66,67,83)/t44-,46-,51-,53-,63-/m0/s1. The Bertz CT molecular complexity index is 3410. The highest BCUT2D eigenvalue weighted by Crippen LogP contribution is 2.43. The normalized spacial score (nSPS) is 18.3. The van der Waals surface area contributed by atoms with Crippen LogP contribution in [0.1, 0.15) is 140 Å². The number of carbonyl (C=O) groups is 8. The highest BCUT2D eigenvalue weighted by atomic mass is 16.6. The fourth-order valence-corrected chi connectivity index (χ4v) is 11.8. The fraction of sp³-hybridized carbons (Fsp3) is 0.462. The molecule has 4 aromatic rings. The number of nitrogens with one attached hydrogen (secondary N) is 1. The van der Waals surface area contributed by atoms with Gasteiger partial charge in [-0.05, 0) is 87.0 Å². The number of unbranched alkanes of at least 4 members (excludes halogenated alkanes) is 4. The van der Waals surface area contributed by atoms with Crippen molar-refractivity contribution < 1.29 is 67.1 Å². The molecular weight excluding hydrogens is 1140 g/mol. The molecule has 0 radical (unpaired) electrons. The number of ether oxygens (including phenoxy) is 5. The molecule has 0 bridgehead atoms. The van der Waals surface area contributed by atoms with E-state index in [0.717, 1.165) is 10.5 Å². The van der Waals surface area contributed by atoms with Gasteiger partial charge in [0, 0.05) is 88.1 Å². The molecular formula is C65H78N10O14. The monoisotopic (exact) mass is 1220 g/mol. The van der Waals surface area contributed by atoms with Gasteiger partial charge >= 0.3 is 12.1 Å². The second kappa shape index (κ2) is 29.2. The van der Waals surface area contributed by atoms with Crippen molar-refractivity contribution >= 4 is 64.9 Å². The number of fused-ring (bicyclic) bond motifs is 4. The predicted octanol–water partition coefficient (Wildman–Crippen LogP) is 7.64. The molecule has 1 aromatic heterocycles. The molecule has 472 valence electrons. The number of hydrogen-bond donors (Lipinski definition) is 3. The zero-order valence-corrected chi connectivity index (χ0v) is 50.9. The minimum Gasteiger partial charge on any atom is -0.493 e. The topological polar surface area (TPSA) is 297 Å². The third-order valence-electron chi connectivity index (χ3n) is 16.7. The van der Waals surface area contributed by atoms with E-state index in [9.17, 15) is 43.5 Å². The van der Waals surface area contributed by atoms with Gasteiger partial charge in [0.25, 0.3) is 23.6 Å². The summed E-state index contributed by atoms with van der Waals surface area (Å²) in [4.78, 5) is 115. The van der Waals surface area contributed by atoms with E-state index in [4.69, 9.17) is 29.4 Å². The summed E-state index contributed by atoms with van der Waals surface area (Å²) in [6.45, 7) is 13.6. The highest BCUT2D eigenvalue weighted by molar-refractivity contribution is 6.13. The van der Waals surface area contributed by atoms with Crippen molar-refractivity contribution in [2.24, 2.45) is 16.6 Å². The summed E-state index contributed by atoms with van der Waals surface area (Å²) < 4.78 is 31.1. The number of benzene rings is 3. The summed E-state index contributed by atoms with van der Waals surface area (Å²) in [5.74, 6) is -0.265. The molecule has 5 aliphatic heterocycles. The second-order valence-electron chi connectivity index (χ2n) is 23.4. The van der Waals surface area contributed by atoms with Crippen molar-refractivity contribution in [3.8, 4) is 23.0 Å². The maximum atomic E-state index is 14.4. The Morgan fingerprint density at radius 2 is 1.42 bits per heavy atom. The number of anilines is 1. The molecule has 0 saturated carbocycles. The Morgan fingerprint density at radius 3 is 2.10 bits per heavy atom. The summed E-state index contributed by atoms with van der Waals surface area (Å²) in [6, 6.07) is 10.9. The number of aliphatic imine (C=N–C) groups is 1. The van der Waals surface area contributed by atoms with Crippen molar-refractivity contribution in [2.75, 3.05) is 58.5 Å². The number of nitrogens with zero attached hydrogens (tertiary/aromatic N) is 8. The van der Waals surface area contributed by atoms with Gasteiger partial charge in [-0.3, -0.25) is 38.7 Å². The lowest BCUT2D eigenvalue weighted by Gasteiger charge is -2.31. The van der Waals surface area contributed by atoms with Gasteiger partial charge < -0.3 is 49.6 Å². The van der Waals surface area contributed by atoms with E-state index in [0.29, 0.717) is 129 Å². The first kappa shape index (κ1) is 64.3. The molecule has 3 aromatic carbocycles. The molecule has 0 unspecified atom stereocenters.